The van der Waals surface area contributed by atoms with Gasteiger partial charge in [-0.1, -0.05) is 67.7 Å². The minimum absolute atomic E-state index is 0.160. The molecule has 1 rings (SSSR count). The van der Waals surface area contributed by atoms with Crippen LogP contribution in [0.3, 0.4) is 0 Å². The van der Waals surface area contributed by atoms with E-state index in [9.17, 15) is 4.79 Å². The first-order valence-corrected chi connectivity index (χ1v) is 9.56. The molecule has 0 radical (unpaired) electrons. The van der Waals surface area contributed by atoms with Gasteiger partial charge in [0.2, 0.25) is 0 Å². The molecular formula is C19H32NOP. The van der Waals surface area contributed by atoms with E-state index in [-0.39, 0.29) is 16.2 Å². The van der Waals surface area contributed by atoms with Crippen molar-refractivity contribution in [2.75, 3.05) is 13.1 Å². The van der Waals surface area contributed by atoms with Gasteiger partial charge < -0.3 is 4.90 Å². The summed E-state index contributed by atoms with van der Waals surface area (Å²) >= 11 is 0. The normalized spacial score (nSPS) is 12.6. The molecule has 0 unspecified atom stereocenters. The molecule has 1 aromatic rings. The number of amides is 1. The lowest BCUT2D eigenvalue weighted by Gasteiger charge is -2.42. The summed E-state index contributed by atoms with van der Waals surface area (Å²) in [7, 11) is -0.473. The molecule has 0 atom stereocenters. The highest BCUT2D eigenvalue weighted by Gasteiger charge is 2.37. The summed E-state index contributed by atoms with van der Waals surface area (Å²) in [5.41, 5.74) is 0.891. The van der Waals surface area contributed by atoms with E-state index in [0.29, 0.717) is 0 Å². The van der Waals surface area contributed by atoms with Crippen LogP contribution >= 0.6 is 7.92 Å². The summed E-state index contributed by atoms with van der Waals surface area (Å²) in [5.74, 6) is 0.168. The molecule has 3 heteroatoms. The van der Waals surface area contributed by atoms with Gasteiger partial charge in [0.15, 0.2) is 0 Å². The van der Waals surface area contributed by atoms with Crippen LogP contribution in [0.2, 0.25) is 0 Å². The van der Waals surface area contributed by atoms with Gasteiger partial charge >= 0.3 is 0 Å². The predicted molar refractivity (Wildman–Crippen MR) is 99.8 cm³/mol. The second-order valence-electron chi connectivity index (χ2n) is 7.67. The van der Waals surface area contributed by atoms with E-state index in [2.05, 4.69) is 53.7 Å². The fourth-order valence-corrected chi connectivity index (χ4v) is 7.36. The number of rotatable bonds is 4. The lowest BCUT2D eigenvalue weighted by Crippen LogP contribution is -2.37. The molecule has 0 bridgehead atoms. The number of hydrogen-bond acceptors (Lipinski definition) is 1. The Bertz CT molecular complexity index is 493. The molecule has 0 aromatic heterocycles. The summed E-state index contributed by atoms with van der Waals surface area (Å²) in [6, 6.07) is 8.22. The van der Waals surface area contributed by atoms with Gasteiger partial charge in [0.05, 0.1) is 0 Å². The van der Waals surface area contributed by atoms with Crippen molar-refractivity contribution in [3.8, 4) is 0 Å². The van der Waals surface area contributed by atoms with E-state index >= 15 is 0 Å². The van der Waals surface area contributed by atoms with Crippen LogP contribution in [0.1, 0.15) is 65.7 Å². The predicted octanol–water partition coefficient (Wildman–Crippen LogP) is 4.87. The summed E-state index contributed by atoms with van der Waals surface area (Å²) in [6.45, 7) is 19.4. The molecule has 0 fully saturated rings. The van der Waals surface area contributed by atoms with Crippen molar-refractivity contribution in [1.82, 2.24) is 4.90 Å². The monoisotopic (exact) mass is 321 g/mol. The highest BCUT2D eigenvalue weighted by molar-refractivity contribution is 7.68. The smallest absolute Gasteiger partial charge is 0.254 e. The molecule has 0 aliphatic rings. The van der Waals surface area contributed by atoms with Crippen LogP contribution in [0.15, 0.2) is 24.3 Å². The van der Waals surface area contributed by atoms with Crippen molar-refractivity contribution in [3.05, 3.63) is 29.8 Å². The second-order valence-corrected chi connectivity index (χ2v) is 11.5. The third-order valence-electron chi connectivity index (χ3n) is 3.77. The molecule has 0 saturated heterocycles. The Morgan fingerprint density at radius 3 is 1.82 bits per heavy atom. The standard InChI is InChI=1S/C19H32NOP/c1-9-20(10-2)17(21)15-13-11-12-14-16(15)22(18(3,4)5)19(6,7)8/h11-14H,9-10H2,1-8H3. The third-order valence-corrected chi connectivity index (χ3v) is 7.32. The van der Waals surface area contributed by atoms with Crippen LogP contribution < -0.4 is 5.30 Å². The van der Waals surface area contributed by atoms with Gasteiger partial charge in [0.1, 0.15) is 0 Å². The SMILES string of the molecule is CCN(CC)C(=O)c1ccccc1P(C(C)(C)C)C(C)(C)C. The van der Waals surface area contributed by atoms with Gasteiger partial charge in [0.25, 0.3) is 5.91 Å². The third kappa shape index (κ3) is 4.32. The van der Waals surface area contributed by atoms with E-state index < -0.39 is 7.92 Å². The zero-order valence-corrected chi connectivity index (χ0v) is 16.4. The van der Waals surface area contributed by atoms with Crippen molar-refractivity contribution in [1.29, 1.82) is 0 Å². The lowest BCUT2D eigenvalue weighted by atomic mass is 10.2. The van der Waals surface area contributed by atoms with Crippen LogP contribution in [-0.2, 0) is 0 Å². The fraction of sp³-hybridized carbons (Fsp3) is 0.632. The van der Waals surface area contributed by atoms with Crippen molar-refractivity contribution in [2.45, 2.75) is 65.7 Å². The maximum Gasteiger partial charge on any atom is 0.254 e. The summed E-state index contributed by atoms with van der Waals surface area (Å²) in [6.07, 6.45) is 0. The van der Waals surface area contributed by atoms with Crippen LogP contribution in [0.5, 0.6) is 0 Å². The molecular weight excluding hydrogens is 289 g/mol. The second kappa shape index (κ2) is 7.13. The molecule has 0 N–H and O–H groups in total. The molecule has 0 aliphatic heterocycles. The van der Waals surface area contributed by atoms with E-state index in [1.807, 2.05) is 30.9 Å². The molecule has 1 aromatic carbocycles. The maximum atomic E-state index is 12.9. The highest BCUT2D eigenvalue weighted by Crippen LogP contribution is 2.58. The van der Waals surface area contributed by atoms with Crippen molar-refractivity contribution in [2.24, 2.45) is 0 Å². The molecule has 1 amide bonds. The Morgan fingerprint density at radius 2 is 1.41 bits per heavy atom. The van der Waals surface area contributed by atoms with E-state index in [0.717, 1.165) is 18.7 Å². The topological polar surface area (TPSA) is 20.3 Å². The summed E-state index contributed by atoms with van der Waals surface area (Å²) in [4.78, 5) is 14.8. The molecule has 0 spiro atoms. The Kier molecular flexibility index (Phi) is 6.21. The minimum Gasteiger partial charge on any atom is -0.339 e. The number of hydrogen-bond donors (Lipinski definition) is 0. The molecule has 0 aliphatic carbocycles. The summed E-state index contributed by atoms with van der Waals surface area (Å²) < 4.78 is 0. The Balaban J connectivity index is 3.45. The molecule has 124 valence electrons. The van der Waals surface area contributed by atoms with Crippen LogP contribution in [-0.4, -0.2) is 34.2 Å². The molecule has 0 saturated carbocycles. The van der Waals surface area contributed by atoms with E-state index in [1.165, 1.54) is 5.30 Å². The average molecular weight is 321 g/mol. The van der Waals surface area contributed by atoms with Gasteiger partial charge in [-0.3, -0.25) is 4.79 Å². The van der Waals surface area contributed by atoms with Crippen LogP contribution in [0.4, 0.5) is 0 Å². The number of carbonyl (C=O) groups is 1. The van der Waals surface area contributed by atoms with Gasteiger partial charge in [-0.05, 0) is 35.5 Å². The van der Waals surface area contributed by atoms with Gasteiger partial charge in [0, 0.05) is 18.7 Å². The van der Waals surface area contributed by atoms with Crippen molar-refractivity contribution >= 4 is 19.1 Å². The van der Waals surface area contributed by atoms with Crippen LogP contribution in [0.25, 0.3) is 0 Å². The minimum atomic E-state index is -0.473. The summed E-state index contributed by atoms with van der Waals surface area (Å²) in [5, 5.41) is 1.56. The molecule has 2 nitrogen and oxygen atoms in total. The quantitative estimate of drug-likeness (QED) is 0.724. The highest BCUT2D eigenvalue weighted by atomic mass is 31.1. The average Bonchev–Trinajstić information content (AvgIpc) is 2.37. The van der Waals surface area contributed by atoms with Gasteiger partial charge in [-0.25, -0.2) is 0 Å². The first-order valence-electron chi connectivity index (χ1n) is 8.22. The molecule has 22 heavy (non-hydrogen) atoms. The number of benzene rings is 1. The Labute approximate surface area is 138 Å². The number of nitrogens with zero attached hydrogens (tertiary/aromatic N) is 1. The number of carbonyl (C=O) groups excluding carboxylic acids is 1. The largest absolute Gasteiger partial charge is 0.339 e. The Hall–Kier alpha value is -0.880. The van der Waals surface area contributed by atoms with E-state index in [1.54, 1.807) is 0 Å². The van der Waals surface area contributed by atoms with Crippen molar-refractivity contribution in [3.63, 3.8) is 0 Å². The van der Waals surface area contributed by atoms with Crippen LogP contribution in [0, 0.1) is 0 Å². The van der Waals surface area contributed by atoms with Gasteiger partial charge in [-0.15, -0.1) is 0 Å². The first-order chi connectivity index (χ1) is 10.0. The van der Waals surface area contributed by atoms with Crippen molar-refractivity contribution < 1.29 is 4.79 Å². The van der Waals surface area contributed by atoms with Gasteiger partial charge in [-0.2, -0.15) is 0 Å². The maximum absolute atomic E-state index is 12.9. The first kappa shape index (κ1) is 19.2. The lowest BCUT2D eigenvalue weighted by molar-refractivity contribution is 0.0774. The fourth-order valence-electron chi connectivity index (χ4n) is 3.26. The van der Waals surface area contributed by atoms with E-state index in [4.69, 9.17) is 0 Å². The Morgan fingerprint density at radius 1 is 0.955 bits per heavy atom. The molecule has 0 heterocycles. The zero-order chi connectivity index (χ0) is 17.1. The zero-order valence-electron chi connectivity index (χ0n) is 15.5.